The molecular formula is C32H38O9. The maximum Gasteiger partial charge on any atom is 0.154 e. The fraction of sp³-hybridized carbons (Fsp3) is 0.375. The summed E-state index contributed by atoms with van der Waals surface area (Å²) in [7, 11) is 3.14. The minimum absolute atomic E-state index is 0.103. The zero-order chi connectivity index (χ0) is 29.2. The monoisotopic (exact) mass is 566 g/mol. The van der Waals surface area contributed by atoms with Gasteiger partial charge in [0.1, 0.15) is 36.2 Å². The molecule has 0 aromatic heterocycles. The Kier molecular flexibility index (Phi) is 11.1. The van der Waals surface area contributed by atoms with E-state index in [1.165, 1.54) is 0 Å². The number of aliphatic hydroxyl groups excluding tert-OH is 2. The van der Waals surface area contributed by atoms with Crippen molar-refractivity contribution in [1.82, 2.24) is 0 Å². The van der Waals surface area contributed by atoms with Crippen LogP contribution in [0.2, 0.25) is 0 Å². The summed E-state index contributed by atoms with van der Waals surface area (Å²) in [6, 6.07) is 19.5. The van der Waals surface area contributed by atoms with E-state index in [1.54, 1.807) is 28.1 Å². The second-order valence-corrected chi connectivity index (χ2v) is 9.28. The maximum absolute atomic E-state index is 9.51. The van der Waals surface area contributed by atoms with Gasteiger partial charge in [-0.2, -0.15) is 0 Å². The molecule has 0 aliphatic carbocycles. The van der Waals surface area contributed by atoms with Gasteiger partial charge in [-0.05, 0) is 36.8 Å². The van der Waals surface area contributed by atoms with Crippen molar-refractivity contribution in [3.05, 3.63) is 71.8 Å². The summed E-state index contributed by atoms with van der Waals surface area (Å²) in [5.41, 5.74) is 1.31. The van der Waals surface area contributed by atoms with Crippen LogP contribution < -0.4 is 14.2 Å². The molecule has 0 saturated carbocycles. The number of methoxy groups -OCH3 is 2. The molecule has 0 amide bonds. The van der Waals surface area contributed by atoms with Gasteiger partial charge in [0.25, 0.3) is 0 Å². The number of hydrogen-bond donors (Lipinski definition) is 2. The number of hydrogen-bond acceptors (Lipinski definition) is 9. The van der Waals surface area contributed by atoms with Gasteiger partial charge in [0, 0.05) is 25.0 Å². The Labute approximate surface area is 240 Å². The summed E-state index contributed by atoms with van der Waals surface area (Å²) in [6.45, 7) is 3.77. The first-order valence-corrected chi connectivity index (χ1v) is 13.5. The average Bonchev–Trinajstić information content (AvgIpc) is 3.00. The van der Waals surface area contributed by atoms with E-state index in [1.807, 2.05) is 60.7 Å². The lowest BCUT2D eigenvalue weighted by Gasteiger charge is -2.23. The molecule has 2 atom stereocenters. The summed E-state index contributed by atoms with van der Waals surface area (Å²) in [5.74, 6) is 2.12. The molecular weight excluding hydrogens is 528 g/mol. The van der Waals surface area contributed by atoms with Crippen LogP contribution in [0.4, 0.5) is 0 Å². The smallest absolute Gasteiger partial charge is 0.154 e. The highest BCUT2D eigenvalue weighted by Crippen LogP contribution is 2.45. The third kappa shape index (κ3) is 7.45. The van der Waals surface area contributed by atoms with Crippen molar-refractivity contribution in [2.24, 2.45) is 0 Å². The first kappa shape index (κ1) is 30.5. The van der Waals surface area contributed by atoms with Crippen LogP contribution in [0.15, 0.2) is 60.7 Å². The zero-order valence-corrected chi connectivity index (χ0v) is 23.9. The predicted molar refractivity (Wildman–Crippen MR) is 156 cm³/mol. The normalized spacial score (nSPS) is 12.9. The van der Waals surface area contributed by atoms with Gasteiger partial charge in [-0.1, -0.05) is 48.5 Å². The molecule has 0 aliphatic heterocycles. The third-order valence-corrected chi connectivity index (χ3v) is 6.62. The SMILES string of the molecule is COC(C)OCc1c(OCCO)cc2ccccc2c1Oc1c(COC(C)OC)c(OCCO)cc2ccccc12. The van der Waals surface area contributed by atoms with Crippen molar-refractivity contribution in [2.45, 2.75) is 39.6 Å². The Bertz CT molecular complexity index is 1310. The molecule has 0 fully saturated rings. The molecule has 9 heteroatoms. The molecule has 41 heavy (non-hydrogen) atoms. The second-order valence-electron chi connectivity index (χ2n) is 9.28. The van der Waals surface area contributed by atoms with Crippen LogP contribution >= 0.6 is 0 Å². The fourth-order valence-corrected chi connectivity index (χ4v) is 4.38. The molecule has 4 aromatic rings. The Hall–Kier alpha value is -3.44. The average molecular weight is 567 g/mol. The van der Waals surface area contributed by atoms with Crippen LogP contribution in [0, 0.1) is 0 Å². The van der Waals surface area contributed by atoms with Gasteiger partial charge >= 0.3 is 0 Å². The first-order valence-electron chi connectivity index (χ1n) is 13.5. The molecule has 220 valence electrons. The molecule has 0 aliphatic rings. The number of aliphatic hydroxyl groups is 2. The Morgan fingerprint density at radius 2 is 1.05 bits per heavy atom. The van der Waals surface area contributed by atoms with Gasteiger partial charge in [0.2, 0.25) is 0 Å². The number of rotatable bonds is 16. The van der Waals surface area contributed by atoms with Crippen LogP contribution in [-0.2, 0) is 32.2 Å². The molecule has 9 nitrogen and oxygen atoms in total. The molecule has 0 radical (unpaired) electrons. The lowest BCUT2D eigenvalue weighted by atomic mass is 10.0. The van der Waals surface area contributed by atoms with Crippen molar-refractivity contribution in [3.63, 3.8) is 0 Å². The van der Waals surface area contributed by atoms with Crippen molar-refractivity contribution in [3.8, 4) is 23.0 Å². The van der Waals surface area contributed by atoms with Crippen LogP contribution in [-0.4, -0.2) is 63.4 Å². The molecule has 2 N–H and O–H groups in total. The van der Waals surface area contributed by atoms with Gasteiger partial charge in [0.15, 0.2) is 12.6 Å². The maximum atomic E-state index is 9.51. The van der Waals surface area contributed by atoms with Gasteiger partial charge in [-0.3, -0.25) is 0 Å². The molecule has 0 saturated heterocycles. The van der Waals surface area contributed by atoms with Crippen molar-refractivity contribution in [2.75, 3.05) is 40.6 Å². The second kappa shape index (κ2) is 15.0. The molecule has 0 heterocycles. The largest absolute Gasteiger partial charge is 0.491 e. The number of benzene rings is 4. The summed E-state index contributed by atoms with van der Waals surface area (Å²) in [4.78, 5) is 0. The van der Waals surface area contributed by atoms with E-state index < -0.39 is 12.6 Å². The van der Waals surface area contributed by atoms with E-state index in [9.17, 15) is 10.2 Å². The number of ether oxygens (including phenoxy) is 7. The van der Waals surface area contributed by atoms with Crippen LogP contribution in [0.5, 0.6) is 23.0 Å². The number of fused-ring (bicyclic) bond motifs is 2. The van der Waals surface area contributed by atoms with E-state index in [0.717, 1.165) is 21.5 Å². The minimum Gasteiger partial charge on any atom is -0.491 e. The van der Waals surface area contributed by atoms with Crippen molar-refractivity contribution >= 4 is 21.5 Å². The summed E-state index contributed by atoms with van der Waals surface area (Å²) in [6.07, 6.45) is -0.953. The Morgan fingerprint density at radius 3 is 1.44 bits per heavy atom. The molecule has 4 rings (SSSR count). The third-order valence-electron chi connectivity index (χ3n) is 6.62. The van der Waals surface area contributed by atoms with E-state index in [4.69, 9.17) is 33.2 Å². The molecule has 0 bridgehead atoms. The highest BCUT2D eigenvalue weighted by atomic mass is 16.7. The predicted octanol–water partition coefficient (Wildman–Crippen LogP) is 5.55. The summed E-state index contributed by atoms with van der Waals surface area (Å²) >= 11 is 0. The minimum atomic E-state index is -0.476. The van der Waals surface area contributed by atoms with Crippen molar-refractivity contribution in [1.29, 1.82) is 0 Å². The summed E-state index contributed by atoms with van der Waals surface area (Å²) < 4.78 is 41.5. The van der Waals surface area contributed by atoms with Gasteiger partial charge in [0.05, 0.1) is 37.6 Å². The lowest BCUT2D eigenvalue weighted by Crippen LogP contribution is -2.13. The molecule has 4 aromatic carbocycles. The van der Waals surface area contributed by atoms with Gasteiger partial charge in [-0.25, -0.2) is 0 Å². The van der Waals surface area contributed by atoms with Gasteiger partial charge < -0.3 is 43.4 Å². The van der Waals surface area contributed by atoms with E-state index in [2.05, 4.69) is 0 Å². The highest BCUT2D eigenvalue weighted by Gasteiger charge is 2.23. The van der Waals surface area contributed by atoms with Gasteiger partial charge in [-0.15, -0.1) is 0 Å². The first-order chi connectivity index (χ1) is 20.0. The zero-order valence-electron chi connectivity index (χ0n) is 23.9. The fourth-order valence-electron chi connectivity index (χ4n) is 4.38. The van der Waals surface area contributed by atoms with E-state index in [-0.39, 0.29) is 39.6 Å². The van der Waals surface area contributed by atoms with Crippen LogP contribution in [0.25, 0.3) is 21.5 Å². The van der Waals surface area contributed by atoms with Crippen LogP contribution in [0.3, 0.4) is 0 Å². The molecule has 0 spiro atoms. The quantitative estimate of drug-likeness (QED) is 0.169. The van der Waals surface area contributed by atoms with E-state index >= 15 is 0 Å². The highest BCUT2D eigenvalue weighted by molar-refractivity contribution is 5.95. The standard InChI is InChI=1S/C32H38O9/c1-21(35-3)39-19-27-29(37-15-13-33)17-23-9-5-7-11-25(23)31(27)41-32-26-12-8-6-10-24(26)18-30(38-16-14-34)28(32)20-40-22(2)36-4/h5-12,17-18,21-22,33-34H,13-16,19-20H2,1-4H3. The van der Waals surface area contributed by atoms with E-state index in [0.29, 0.717) is 34.1 Å². The molecule has 2 unspecified atom stereocenters. The Balaban J connectivity index is 1.96. The lowest BCUT2D eigenvalue weighted by molar-refractivity contribution is -0.119. The van der Waals surface area contributed by atoms with Crippen molar-refractivity contribution < 1.29 is 43.4 Å². The topological polar surface area (TPSA) is 105 Å². The van der Waals surface area contributed by atoms with Crippen LogP contribution in [0.1, 0.15) is 25.0 Å². The Morgan fingerprint density at radius 1 is 0.634 bits per heavy atom. The summed E-state index contributed by atoms with van der Waals surface area (Å²) in [5, 5.41) is 22.5.